The first-order chi connectivity index (χ1) is 19.2. The number of benzene rings is 3. The van der Waals surface area contributed by atoms with E-state index in [1.54, 1.807) is 30.3 Å². The SMILES string of the molecule is CC(C)(C)C(=O)Oc1ccc2c(C(=O)c3ccc(OCCN4CCCCC4)cc3)c(-c3ccc(O)cc3)sc2c1. The van der Waals surface area contributed by atoms with E-state index < -0.39 is 5.41 Å². The Morgan fingerprint density at radius 2 is 1.57 bits per heavy atom. The monoisotopic (exact) mass is 557 g/mol. The lowest BCUT2D eigenvalue weighted by atomic mass is 9.97. The fraction of sp³-hybridized carbons (Fsp3) is 0.333. The Kier molecular flexibility index (Phi) is 8.24. The first kappa shape index (κ1) is 27.9. The lowest BCUT2D eigenvalue weighted by Crippen LogP contribution is -2.33. The summed E-state index contributed by atoms with van der Waals surface area (Å²) in [6.07, 6.45) is 3.82. The van der Waals surface area contributed by atoms with Crippen LogP contribution in [0.15, 0.2) is 66.7 Å². The zero-order chi connectivity index (χ0) is 28.3. The van der Waals surface area contributed by atoms with Crippen LogP contribution in [0.5, 0.6) is 17.2 Å². The summed E-state index contributed by atoms with van der Waals surface area (Å²) in [5.41, 5.74) is 1.34. The van der Waals surface area contributed by atoms with E-state index in [2.05, 4.69) is 4.90 Å². The van der Waals surface area contributed by atoms with E-state index in [1.807, 2.05) is 57.2 Å². The van der Waals surface area contributed by atoms with E-state index in [9.17, 15) is 14.7 Å². The summed E-state index contributed by atoms with van der Waals surface area (Å²) < 4.78 is 12.4. The molecule has 0 atom stereocenters. The van der Waals surface area contributed by atoms with Gasteiger partial charge in [0.25, 0.3) is 0 Å². The Hall–Kier alpha value is -3.68. The molecule has 0 amide bonds. The van der Waals surface area contributed by atoms with Gasteiger partial charge < -0.3 is 14.6 Å². The average molecular weight is 558 g/mol. The van der Waals surface area contributed by atoms with Crippen molar-refractivity contribution in [3.63, 3.8) is 0 Å². The number of ketones is 1. The zero-order valence-corrected chi connectivity index (χ0v) is 24.1. The van der Waals surface area contributed by atoms with Gasteiger partial charge in [0, 0.05) is 32.6 Å². The number of hydrogen-bond acceptors (Lipinski definition) is 7. The first-order valence-corrected chi connectivity index (χ1v) is 14.6. The number of phenols is 1. The summed E-state index contributed by atoms with van der Waals surface area (Å²) in [6, 6.07) is 19.5. The Bertz CT molecular complexity index is 1490. The maximum absolute atomic E-state index is 13.9. The van der Waals surface area contributed by atoms with Gasteiger partial charge in [-0.05, 0) is 119 Å². The molecule has 1 saturated heterocycles. The smallest absolute Gasteiger partial charge is 0.316 e. The number of rotatable bonds is 8. The average Bonchev–Trinajstić information content (AvgIpc) is 3.32. The summed E-state index contributed by atoms with van der Waals surface area (Å²) in [6.45, 7) is 9.22. The van der Waals surface area contributed by atoms with Crippen LogP contribution in [0.2, 0.25) is 0 Å². The van der Waals surface area contributed by atoms with Crippen LogP contribution in [0.25, 0.3) is 20.5 Å². The second kappa shape index (κ2) is 11.8. The van der Waals surface area contributed by atoms with Crippen molar-refractivity contribution in [1.29, 1.82) is 0 Å². The van der Waals surface area contributed by atoms with E-state index in [0.717, 1.165) is 45.9 Å². The Balaban J connectivity index is 1.42. The Morgan fingerprint density at radius 1 is 0.900 bits per heavy atom. The molecule has 208 valence electrons. The van der Waals surface area contributed by atoms with Crippen molar-refractivity contribution in [3.8, 4) is 27.7 Å². The number of phenolic OH excluding ortho intramolecular Hbond substituents is 1. The highest BCUT2D eigenvalue weighted by atomic mass is 32.1. The summed E-state index contributed by atoms with van der Waals surface area (Å²) in [7, 11) is 0. The first-order valence-electron chi connectivity index (χ1n) is 13.8. The van der Waals surface area contributed by atoms with Gasteiger partial charge in [-0.1, -0.05) is 6.42 Å². The van der Waals surface area contributed by atoms with E-state index in [1.165, 1.54) is 30.6 Å². The number of ether oxygens (including phenoxy) is 2. The molecule has 5 rings (SSSR count). The predicted molar refractivity (Wildman–Crippen MR) is 160 cm³/mol. The minimum absolute atomic E-state index is 0.103. The second-order valence-corrected chi connectivity index (χ2v) is 12.3. The van der Waals surface area contributed by atoms with Crippen molar-refractivity contribution in [2.45, 2.75) is 40.0 Å². The molecule has 0 bridgehead atoms. The predicted octanol–water partition coefficient (Wildman–Crippen LogP) is 7.32. The van der Waals surface area contributed by atoms with Crippen molar-refractivity contribution in [3.05, 3.63) is 77.9 Å². The molecule has 7 heteroatoms. The molecule has 1 fully saturated rings. The number of fused-ring (bicyclic) bond motifs is 1. The topological polar surface area (TPSA) is 76.1 Å². The lowest BCUT2D eigenvalue weighted by Gasteiger charge is -2.26. The molecule has 2 heterocycles. The number of thiophene rings is 1. The van der Waals surface area contributed by atoms with Gasteiger partial charge in [-0.2, -0.15) is 0 Å². The summed E-state index contributed by atoms with van der Waals surface area (Å²) in [5, 5.41) is 10.6. The quantitative estimate of drug-likeness (QED) is 0.139. The number of nitrogens with zero attached hydrogens (tertiary/aromatic N) is 1. The van der Waals surface area contributed by atoms with Gasteiger partial charge in [-0.25, -0.2) is 0 Å². The fourth-order valence-electron chi connectivity index (χ4n) is 4.76. The van der Waals surface area contributed by atoms with Crippen molar-refractivity contribution in [2.75, 3.05) is 26.2 Å². The van der Waals surface area contributed by atoms with Crippen LogP contribution >= 0.6 is 11.3 Å². The molecular weight excluding hydrogens is 522 g/mol. The van der Waals surface area contributed by atoms with E-state index in [-0.39, 0.29) is 17.5 Å². The molecule has 1 aromatic heterocycles. The van der Waals surface area contributed by atoms with Crippen LogP contribution in [0.1, 0.15) is 56.0 Å². The molecular formula is C33H35NO5S. The molecule has 0 saturated carbocycles. The summed E-state index contributed by atoms with van der Waals surface area (Å²) >= 11 is 1.46. The molecule has 1 N–H and O–H groups in total. The number of carbonyl (C=O) groups excluding carboxylic acids is 2. The standard InChI is InChI=1S/C33H35NO5S/c1-33(2,3)32(37)39-26-15-16-27-28(21-26)40-31(23-7-11-24(35)12-8-23)29(27)30(36)22-9-13-25(14-10-22)38-20-19-34-17-5-4-6-18-34/h7-16,21,35H,4-6,17-20H2,1-3H3. The van der Waals surface area contributed by atoms with Crippen molar-refractivity contribution < 1.29 is 24.2 Å². The Morgan fingerprint density at radius 3 is 2.25 bits per heavy atom. The van der Waals surface area contributed by atoms with Gasteiger partial charge in [0.15, 0.2) is 5.78 Å². The number of hydrogen-bond donors (Lipinski definition) is 1. The fourth-order valence-corrected chi connectivity index (χ4v) is 6.00. The zero-order valence-electron chi connectivity index (χ0n) is 23.2. The number of esters is 1. The van der Waals surface area contributed by atoms with Crippen molar-refractivity contribution >= 4 is 33.2 Å². The summed E-state index contributed by atoms with van der Waals surface area (Å²) in [4.78, 5) is 29.6. The number of aromatic hydroxyl groups is 1. The molecule has 40 heavy (non-hydrogen) atoms. The third kappa shape index (κ3) is 6.37. The summed E-state index contributed by atoms with van der Waals surface area (Å²) in [5.74, 6) is 0.916. The van der Waals surface area contributed by atoms with Crippen LogP contribution in [-0.4, -0.2) is 48.0 Å². The van der Waals surface area contributed by atoms with Gasteiger partial charge in [-0.3, -0.25) is 14.5 Å². The van der Waals surface area contributed by atoms with Crippen LogP contribution in [-0.2, 0) is 4.79 Å². The molecule has 4 aromatic rings. The second-order valence-electron chi connectivity index (χ2n) is 11.3. The van der Waals surface area contributed by atoms with E-state index in [0.29, 0.717) is 23.5 Å². The minimum atomic E-state index is -0.633. The maximum Gasteiger partial charge on any atom is 0.316 e. The number of carbonyl (C=O) groups is 2. The van der Waals surface area contributed by atoms with Crippen molar-refractivity contribution in [2.24, 2.45) is 5.41 Å². The molecule has 1 aliphatic rings. The molecule has 1 aliphatic heterocycles. The molecule has 0 aliphatic carbocycles. The molecule has 0 unspecified atom stereocenters. The minimum Gasteiger partial charge on any atom is -0.508 e. The molecule has 6 nitrogen and oxygen atoms in total. The third-order valence-corrected chi connectivity index (χ3v) is 8.28. The van der Waals surface area contributed by atoms with Crippen molar-refractivity contribution in [1.82, 2.24) is 4.90 Å². The van der Waals surface area contributed by atoms with Gasteiger partial charge in [0.1, 0.15) is 23.9 Å². The molecule has 3 aromatic carbocycles. The number of likely N-dealkylation sites (tertiary alicyclic amines) is 1. The van der Waals surface area contributed by atoms with Gasteiger partial charge in [-0.15, -0.1) is 11.3 Å². The van der Waals surface area contributed by atoms with Crippen LogP contribution in [0.3, 0.4) is 0 Å². The highest BCUT2D eigenvalue weighted by molar-refractivity contribution is 7.22. The van der Waals surface area contributed by atoms with Crippen LogP contribution in [0.4, 0.5) is 0 Å². The van der Waals surface area contributed by atoms with Crippen LogP contribution < -0.4 is 9.47 Å². The van der Waals surface area contributed by atoms with E-state index in [4.69, 9.17) is 9.47 Å². The third-order valence-electron chi connectivity index (χ3n) is 7.08. The number of piperidine rings is 1. The van der Waals surface area contributed by atoms with E-state index >= 15 is 0 Å². The maximum atomic E-state index is 13.9. The highest BCUT2D eigenvalue weighted by Crippen LogP contribution is 2.42. The lowest BCUT2D eigenvalue weighted by molar-refractivity contribution is -0.142. The normalized spacial score (nSPS) is 14.3. The molecule has 0 radical (unpaired) electrons. The Labute approximate surface area is 239 Å². The van der Waals surface area contributed by atoms with Gasteiger partial charge in [0.2, 0.25) is 0 Å². The largest absolute Gasteiger partial charge is 0.508 e. The van der Waals surface area contributed by atoms with Crippen LogP contribution in [0, 0.1) is 5.41 Å². The van der Waals surface area contributed by atoms with Gasteiger partial charge >= 0.3 is 5.97 Å². The van der Waals surface area contributed by atoms with Gasteiger partial charge in [0.05, 0.1) is 5.41 Å². The molecule has 0 spiro atoms. The highest BCUT2D eigenvalue weighted by Gasteiger charge is 2.25.